The van der Waals surface area contributed by atoms with E-state index in [1.54, 1.807) is 0 Å². The first-order chi connectivity index (χ1) is 7.81. The normalized spacial score (nSPS) is 29.8. The van der Waals surface area contributed by atoms with Crippen LogP contribution in [0.15, 0.2) is 12.7 Å². The summed E-state index contributed by atoms with van der Waals surface area (Å²) in [5.74, 6) is -1.13. The largest absolute Gasteiger partial charge is 0.480 e. The predicted molar refractivity (Wildman–Crippen MR) is 65.1 cm³/mol. The van der Waals surface area contributed by atoms with E-state index >= 15 is 0 Å². The van der Waals surface area contributed by atoms with Gasteiger partial charge in [0.05, 0.1) is 5.75 Å². The van der Waals surface area contributed by atoms with Gasteiger partial charge in [-0.3, -0.25) is 4.79 Å². The van der Waals surface area contributed by atoms with Crippen LogP contribution in [0.5, 0.6) is 0 Å². The van der Waals surface area contributed by atoms with Gasteiger partial charge in [0.1, 0.15) is 5.54 Å². The van der Waals surface area contributed by atoms with Gasteiger partial charge in [0, 0.05) is 0 Å². The molecule has 2 atom stereocenters. The van der Waals surface area contributed by atoms with E-state index in [0.29, 0.717) is 12.8 Å². The van der Waals surface area contributed by atoms with Gasteiger partial charge in [0.25, 0.3) is 0 Å². The van der Waals surface area contributed by atoms with Crippen LogP contribution in [0.3, 0.4) is 0 Å². The molecule has 0 aromatic heterocycles. The minimum absolute atomic E-state index is 0.214. The van der Waals surface area contributed by atoms with Crippen LogP contribution in [0.25, 0.3) is 0 Å². The minimum atomic E-state index is -3.61. The van der Waals surface area contributed by atoms with Crippen LogP contribution >= 0.6 is 0 Å². The van der Waals surface area contributed by atoms with Crippen LogP contribution in [-0.2, 0) is 14.8 Å². The van der Waals surface area contributed by atoms with Gasteiger partial charge in [-0.05, 0) is 18.8 Å². The first kappa shape index (κ1) is 14.2. The van der Waals surface area contributed by atoms with Gasteiger partial charge >= 0.3 is 5.97 Å². The molecule has 1 fully saturated rings. The molecule has 98 valence electrons. The number of nitrogens with one attached hydrogen (secondary N) is 1. The van der Waals surface area contributed by atoms with Crippen LogP contribution in [0.1, 0.15) is 32.6 Å². The molecule has 17 heavy (non-hydrogen) atoms. The molecule has 1 saturated carbocycles. The summed E-state index contributed by atoms with van der Waals surface area (Å²) < 4.78 is 25.7. The van der Waals surface area contributed by atoms with E-state index in [-0.39, 0.29) is 11.7 Å². The van der Waals surface area contributed by atoms with Crippen molar-refractivity contribution in [3.8, 4) is 0 Å². The molecule has 6 heteroatoms. The lowest BCUT2D eigenvalue weighted by molar-refractivity contribution is -0.146. The summed E-state index contributed by atoms with van der Waals surface area (Å²) >= 11 is 0. The van der Waals surface area contributed by atoms with E-state index < -0.39 is 21.5 Å². The number of sulfonamides is 1. The number of hydrogen-bond donors (Lipinski definition) is 2. The average molecular weight is 261 g/mol. The maximum absolute atomic E-state index is 11.7. The maximum atomic E-state index is 11.7. The Hall–Kier alpha value is -0.880. The van der Waals surface area contributed by atoms with Crippen molar-refractivity contribution < 1.29 is 18.3 Å². The zero-order valence-electron chi connectivity index (χ0n) is 9.98. The number of aliphatic carboxylic acids is 1. The molecule has 2 N–H and O–H groups in total. The van der Waals surface area contributed by atoms with Gasteiger partial charge in [0.2, 0.25) is 10.0 Å². The second kappa shape index (κ2) is 5.18. The van der Waals surface area contributed by atoms with Crippen molar-refractivity contribution in [1.82, 2.24) is 4.72 Å². The third-order valence-electron chi connectivity index (χ3n) is 3.09. The summed E-state index contributed by atoms with van der Waals surface area (Å²) in [7, 11) is -3.61. The van der Waals surface area contributed by atoms with Crippen molar-refractivity contribution in [3.05, 3.63) is 12.7 Å². The second-order valence-electron chi connectivity index (χ2n) is 4.76. The number of carboxylic acids is 1. The lowest BCUT2D eigenvalue weighted by Crippen LogP contribution is -2.57. The Kier molecular flexibility index (Phi) is 4.32. The minimum Gasteiger partial charge on any atom is -0.480 e. The van der Waals surface area contributed by atoms with Crippen LogP contribution in [0, 0.1) is 5.92 Å². The van der Waals surface area contributed by atoms with Crippen molar-refractivity contribution in [2.45, 2.75) is 38.1 Å². The Labute approximate surface area is 102 Å². The lowest BCUT2D eigenvalue weighted by Gasteiger charge is -2.36. The molecular formula is C11H19NO4S. The molecular weight excluding hydrogens is 242 g/mol. The van der Waals surface area contributed by atoms with Crippen LogP contribution in [0.4, 0.5) is 0 Å². The fourth-order valence-electron chi connectivity index (χ4n) is 2.38. The highest BCUT2D eigenvalue weighted by molar-refractivity contribution is 7.89. The molecule has 0 aliphatic heterocycles. The summed E-state index contributed by atoms with van der Waals surface area (Å²) in [6.07, 6.45) is 3.62. The SMILES string of the molecule is C=CCS(=O)(=O)NC1(C(=O)O)CCCC(C)C1. The third kappa shape index (κ3) is 3.54. The Morgan fingerprint density at radius 3 is 2.76 bits per heavy atom. The molecule has 1 aliphatic carbocycles. The zero-order chi connectivity index (χ0) is 13.1. The first-order valence-electron chi connectivity index (χ1n) is 5.67. The summed E-state index contributed by atoms with van der Waals surface area (Å²) in [6, 6.07) is 0. The van der Waals surface area contributed by atoms with Gasteiger partial charge in [-0.15, -0.1) is 6.58 Å². The highest BCUT2D eigenvalue weighted by Gasteiger charge is 2.44. The summed E-state index contributed by atoms with van der Waals surface area (Å²) in [6.45, 7) is 5.30. The number of hydrogen-bond acceptors (Lipinski definition) is 3. The van der Waals surface area contributed by atoms with E-state index in [4.69, 9.17) is 0 Å². The maximum Gasteiger partial charge on any atom is 0.324 e. The quantitative estimate of drug-likeness (QED) is 0.727. The van der Waals surface area contributed by atoms with E-state index in [9.17, 15) is 18.3 Å². The molecule has 1 aliphatic rings. The molecule has 0 amide bonds. The topological polar surface area (TPSA) is 83.5 Å². The highest BCUT2D eigenvalue weighted by atomic mass is 32.2. The van der Waals surface area contributed by atoms with E-state index in [1.165, 1.54) is 6.08 Å². The summed E-state index contributed by atoms with van der Waals surface area (Å²) in [5, 5.41) is 9.29. The molecule has 0 aromatic carbocycles. The van der Waals surface area contributed by atoms with Crippen molar-refractivity contribution in [3.63, 3.8) is 0 Å². The van der Waals surface area contributed by atoms with E-state index in [2.05, 4.69) is 11.3 Å². The van der Waals surface area contributed by atoms with Crippen molar-refractivity contribution >= 4 is 16.0 Å². The monoisotopic (exact) mass is 261 g/mol. The van der Waals surface area contributed by atoms with Crippen LogP contribution in [-0.4, -0.2) is 30.8 Å². The molecule has 0 radical (unpaired) electrons. The van der Waals surface area contributed by atoms with E-state index in [0.717, 1.165) is 12.8 Å². The molecule has 2 unspecified atom stereocenters. The standard InChI is InChI=1S/C11H19NO4S/c1-3-7-17(15,16)12-11(10(13)14)6-4-5-9(2)8-11/h3,9,12H,1,4-8H2,2H3,(H,13,14). The number of carboxylic acid groups (broad SMARTS) is 1. The lowest BCUT2D eigenvalue weighted by atomic mass is 9.77. The van der Waals surface area contributed by atoms with Crippen molar-refractivity contribution in [2.75, 3.05) is 5.75 Å². The molecule has 1 rings (SSSR count). The van der Waals surface area contributed by atoms with Gasteiger partial charge in [-0.25, -0.2) is 8.42 Å². The molecule has 0 heterocycles. The molecule has 5 nitrogen and oxygen atoms in total. The summed E-state index contributed by atoms with van der Waals surface area (Å²) in [4.78, 5) is 11.4. The van der Waals surface area contributed by atoms with Crippen LogP contribution < -0.4 is 4.72 Å². The third-order valence-corrected chi connectivity index (χ3v) is 4.47. The fraction of sp³-hybridized carbons (Fsp3) is 0.727. The van der Waals surface area contributed by atoms with Crippen LogP contribution in [0.2, 0.25) is 0 Å². The molecule has 0 aromatic rings. The Morgan fingerprint density at radius 1 is 1.65 bits per heavy atom. The van der Waals surface area contributed by atoms with Gasteiger partial charge < -0.3 is 5.11 Å². The van der Waals surface area contributed by atoms with Crippen molar-refractivity contribution in [2.24, 2.45) is 5.92 Å². The number of carbonyl (C=O) groups is 1. The Bertz CT molecular complexity index is 404. The van der Waals surface area contributed by atoms with Gasteiger partial charge in [0.15, 0.2) is 0 Å². The number of rotatable bonds is 5. The van der Waals surface area contributed by atoms with Gasteiger partial charge in [-0.1, -0.05) is 25.8 Å². The Morgan fingerprint density at radius 2 is 2.29 bits per heavy atom. The van der Waals surface area contributed by atoms with Gasteiger partial charge in [-0.2, -0.15) is 4.72 Å². The zero-order valence-corrected chi connectivity index (χ0v) is 10.8. The Balaban J connectivity index is 2.93. The average Bonchev–Trinajstić information content (AvgIpc) is 2.15. The highest BCUT2D eigenvalue weighted by Crippen LogP contribution is 2.33. The van der Waals surface area contributed by atoms with E-state index in [1.807, 2.05) is 6.92 Å². The fourth-order valence-corrected chi connectivity index (χ4v) is 3.64. The molecule has 0 bridgehead atoms. The first-order valence-corrected chi connectivity index (χ1v) is 7.32. The van der Waals surface area contributed by atoms with Crippen molar-refractivity contribution in [1.29, 1.82) is 0 Å². The molecule has 0 saturated heterocycles. The summed E-state index contributed by atoms with van der Waals surface area (Å²) in [5.41, 5.74) is -1.33. The smallest absolute Gasteiger partial charge is 0.324 e. The second-order valence-corrected chi connectivity index (χ2v) is 6.53. The predicted octanol–water partition coefficient (Wildman–Crippen LogP) is 1.13. The molecule has 0 spiro atoms.